The lowest BCUT2D eigenvalue weighted by Crippen LogP contribution is -2.04. The molecular formula is C20H3F8N3O2. The maximum absolute atomic E-state index is 13.8. The van der Waals surface area contributed by atoms with Gasteiger partial charge in [-0.2, -0.15) is 27.5 Å². The van der Waals surface area contributed by atoms with E-state index in [0.29, 0.717) is 0 Å². The van der Waals surface area contributed by atoms with Gasteiger partial charge >= 0.3 is 0 Å². The van der Waals surface area contributed by atoms with Gasteiger partial charge in [0, 0.05) is 11.6 Å². The number of halogens is 8. The van der Waals surface area contributed by atoms with Crippen molar-refractivity contribution in [2.45, 2.75) is 0 Å². The molecule has 0 atom stereocenters. The van der Waals surface area contributed by atoms with Crippen LogP contribution < -0.4 is 0 Å². The predicted octanol–water partition coefficient (Wildman–Crippen LogP) is 4.30. The SMILES string of the molecule is O=[N+]([O-])c1cccc(C#Cc2c(F)c(F)nc(F)c2F)c1C#Cc1c(F)c(F)nc(F)c1F. The first-order valence-corrected chi connectivity index (χ1v) is 8.24. The van der Waals surface area contributed by atoms with Crippen LogP contribution in [-0.2, 0) is 0 Å². The molecule has 0 saturated heterocycles. The first-order valence-electron chi connectivity index (χ1n) is 8.24. The van der Waals surface area contributed by atoms with Crippen LogP contribution in [0, 0.1) is 80.9 Å². The molecule has 0 unspecified atom stereocenters. The highest BCUT2D eigenvalue weighted by molar-refractivity contribution is 5.63. The van der Waals surface area contributed by atoms with E-state index in [4.69, 9.17) is 0 Å². The van der Waals surface area contributed by atoms with Gasteiger partial charge in [0.25, 0.3) is 29.5 Å². The second kappa shape index (κ2) is 8.92. The molecule has 0 spiro atoms. The Morgan fingerprint density at radius 3 is 1.45 bits per heavy atom. The maximum atomic E-state index is 13.8. The molecule has 1 aromatic carbocycles. The van der Waals surface area contributed by atoms with Gasteiger partial charge in [-0.3, -0.25) is 10.1 Å². The second-order valence-corrected chi connectivity index (χ2v) is 5.85. The average molecular weight is 469 g/mol. The Labute approximate surface area is 177 Å². The minimum absolute atomic E-state index is 0.482. The summed E-state index contributed by atoms with van der Waals surface area (Å²) in [7, 11) is 0. The van der Waals surface area contributed by atoms with Gasteiger partial charge in [-0.05, 0) is 6.07 Å². The number of nitro benzene ring substituents is 1. The summed E-state index contributed by atoms with van der Waals surface area (Å²) in [6.07, 6.45) is 0. The number of benzene rings is 1. The molecule has 13 heteroatoms. The summed E-state index contributed by atoms with van der Waals surface area (Å²) < 4.78 is 108. The van der Waals surface area contributed by atoms with Gasteiger partial charge in [0.2, 0.25) is 0 Å². The van der Waals surface area contributed by atoms with E-state index in [1.165, 1.54) is 0 Å². The highest BCUT2D eigenvalue weighted by Crippen LogP contribution is 2.23. The molecule has 0 aliphatic rings. The summed E-state index contributed by atoms with van der Waals surface area (Å²) in [4.78, 5) is 14.9. The maximum Gasteiger partial charge on any atom is 0.286 e. The first-order chi connectivity index (χ1) is 15.5. The van der Waals surface area contributed by atoms with Gasteiger partial charge in [-0.15, -0.1) is 0 Å². The number of pyridine rings is 2. The topological polar surface area (TPSA) is 68.9 Å². The molecule has 33 heavy (non-hydrogen) atoms. The lowest BCUT2D eigenvalue weighted by Gasteiger charge is -2.01. The Bertz CT molecular complexity index is 1400. The van der Waals surface area contributed by atoms with Crippen molar-refractivity contribution in [1.82, 2.24) is 9.97 Å². The summed E-state index contributed by atoms with van der Waals surface area (Å²) >= 11 is 0. The number of nitrogens with zero attached hydrogens (tertiary/aromatic N) is 3. The van der Waals surface area contributed by atoms with Gasteiger partial charge in [-0.25, -0.2) is 17.6 Å². The van der Waals surface area contributed by atoms with Crippen molar-refractivity contribution in [2.75, 3.05) is 0 Å². The third-order valence-corrected chi connectivity index (χ3v) is 3.87. The van der Waals surface area contributed by atoms with Crippen LogP contribution >= 0.6 is 0 Å². The highest BCUT2D eigenvalue weighted by Gasteiger charge is 2.21. The van der Waals surface area contributed by atoms with Crippen molar-refractivity contribution in [3.05, 3.63) is 97.6 Å². The molecule has 3 aromatic rings. The summed E-state index contributed by atoms with van der Waals surface area (Å²) in [6.45, 7) is 0. The van der Waals surface area contributed by atoms with Crippen molar-refractivity contribution in [1.29, 1.82) is 0 Å². The molecule has 2 heterocycles. The molecule has 0 amide bonds. The number of hydrogen-bond donors (Lipinski definition) is 0. The van der Waals surface area contributed by atoms with Crippen LogP contribution in [0.2, 0.25) is 0 Å². The quantitative estimate of drug-likeness (QED) is 0.175. The minimum atomic E-state index is -2.03. The van der Waals surface area contributed by atoms with Gasteiger partial charge in [0.1, 0.15) is 16.7 Å². The molecule has 0 aliphatic carbocycles. The lowest BCUT2D eigenvalue weighted by atomic mass is 10.0. The van der Waals surface area contributed by atoms with Crippen LogP contribution in [0.3, 0.4) is 0 Å². The Kier molecular flexibility index (Phi) is 6.26. The van der Waals surface area contributed by atoms with Crippen LogP contribution in [0.4, 0.5) is 40.8 Å². The molecule has 0 saturated carbocycles. The van der Waals surface area contributed by atoms with Crippen LogP contribution in [0.15, 0.2) is 18.2 Å². The fraction of sp³-hybridized carbons (Fsp3) is 0. The van der Waals surface area contributed by atoms with E-state index in [9.17, 15) is 45.2 Å². The normalized spacial score (nSPS) is 10.2. The summed E-state index contributed by atoms with van der Waals surface area (Å²) in [5.41, 5.74) is -4.85. The van der Waals surface area contributed by atoms with Crippen molar-refractivity contribution in [2.24, 2.45) is 0 Å². The van der Waals surface area contributed by atoms with E-state index in [1.807, 2.05) is 11.8 Å². The van der Waals surface area contributed by atoms with Gasteiger partial charge in [0.15, 0.2) is 23.3 Å². The summed E-state index contributed by atoms with van der Waals surface area (Å²) in [5, 5.41) is 11.3. The minimum Gasteiger partial charge on any atom is -0.258 e. The average Bonchev–Trinajstić information content (AvgIpc) is 2.76. The van der Waals surface area contributed by atoms with Crippen LogP contribution in [0.5, 0.6) is 0 Å². The molecule has 3 rings (SSSR count). The Hall–Kier alpha value is -4.52. The number of rotatable bonds is 1. The zero-order valence-corrected chi connectivity index (χ0v) is 15.4. The Morgan fingerprint density at radius 1 is 0.636 bits per heavy atom. The molecule has 0 bridgehead atoms. The zero-order chi connectivity index (χ0) is 24.4. The largest absolute Gasteiger partial charge is 0.286 e. The van der Waals surface area contributed by atoms with Crippen LogP contribution in [-0.4, -0.2) is 14.9 Å². The molecule has 2 aromatic heterocycles. The van der Waals surface area contributed by atoms with Crippen LogP contribution in [0.1, 0.15) is 22.3 Å². The Balaban J connectivity index is 2.24. The third kappa shape index (κ3) is 4.43. The molecule has 0 aliphatic heterocycles. The van der Waals surface area contributed by atoms with Crippen molar-refractivity contribution >= 4 is 5.69 Å². The van der Waals surface area contributed by atoms with E-state index >= 15 is 0 Å². The third-order valence-electron chi connectivity index (χ3n) is 3.87. The van der Waals surface area contributed by atoms with Crippen molar-refractivity contribution < 1.29 is 40.0 Å². The Morgan fingerprint density at radius 2 is 1.03 bits per heavy atom. The summed E-state index contributed by atoms with van der Waals surface area (Å²) in [5.74, 6) is -8.62. The first kappa shape index (κ1) is 23.1. The van der Waals surface area contributed by atoms with E-state index in [0.717, 1.165) is 18.2 Å². The lowest BCUT2D eigenvalue weighted by molar-refractivity contribution is -0.385. The molecule has 0 radical (unpaired) electrons. The van der Waals surface area contributed by atoms with Crippen molar-refractivity contribution in [3.8, 4) is 23.7 Å². The molecule has 5 nitrogen and oxygen atoms in total. The van der Waals surface area contributed by atoms with E-state index in [-0.39, 0.29) is 0 Å². The zero-order valence-electron chi connectivity index (χ0n) is 15.4. The standard InChI is InChI=1S/C20H3F8N3O2/c21-13-10(14(22)18(26)29-17(13)25)5-4-8-2-1-3-12(31(32)33)9(8)6-7-11-15(23)19(27)30-20(28)16(11)24/h1-3H. The summed E-state index contributed by atoms with van der Waals surface area (Å²) in [6, 6.07) is 2.91. The second-order valence-electron chi connectivity index (χ2n) is 5.85. The molecule has 0 N–H and O–H groups in total. The van der Waals surface area contributed by atoms with Gasteiger partial charge < -0.3 is 0 Å². The molecular weight excluding hydrogens is 466 g/mol. The number of aromatic nitrogens is 2. The van der Waals surface area contributed by atoms with E-state index in [2.05, 4.69) is 9.97 Å². The van der Waals surface area contributed by atoms with E-state index in [1.54, 1.807) is 11.8 Å². The number of nitro groups is 1. The van der Waals surface area contributed by atoms with Crippen LogP contribution in [0.25, 0.3) is 0 Å². The van der Waals surface area contributed by atoms with Gasteiger partial charge in [0.05, 0.1) is 4.92 Å². The molecule has 0 fully saturated rings. The van der Waals surface area contributed by atoms with E-state index < -0.39 is 79.9 Å². The molecule has 166 valence electrons. The van der Waals surface area contributed by atoms with Gasteiger partial charge in [-0.1, -0.05) is 29.7 Å². The smallest absolute Gasteiger partial charge is 0.258 e. The fourth-order valence-electron chi connectivity index (χ4n) is 2.38. The van der Waals surface area contributed by atoms with Crippen molar-refractivity contribution in [3.63, 3.8) is 0 Å². The number of hydrogen-bond acceptors (Lipinski definition) is 4. The fourth-order valence-corrected chi connectivity index (χ4v) is 2.38. The highest BCUT2D eigenvalue weighted by atomic mass is 19.2. The predicted molar refractivity (Wildman–Crippen MR) is 93.2 cm³/mol. The monoisotopic (exact) mass is 469 g/mol.